The predicted molar refractivity (Wildman–Crippen MR) is 81.2 cm³/mol. The molecule has 2 aromatic rings. The molecule has 0 radical (unpaired) electrons. The summed E-state index contributed by atoms with van der Waals surface area (Å²) in [5, 5.41) is 11.7. The summed E-state index contributed by atoms with van der Waals surface area (Å²) in [6.45, 7) is 2.21. The minimum atomic E-state index is 0.417. The zero-order valence-corrected chi connectivity index (χ0v) is 12.6. The van der Waals surface area contributed by atoms with Crippen LogP contribution in [0.1, 0.15) is 54.5 Å². The van der Waals surface area contributed by atoms with Crippen LogP contribution in [0.4, 0.5) is 0 Å². The molecule has 1 heterocycles. The zero-order chi connectivity index (χ0) is 13.9. The lowest BCUT2D eigenvalue weighted by Gasteiger charge is -2.22. The van der Waals surface area contributed by atoms with Crippen LogP contribution in [-0.2, 0) is 19.3 Å². The van der Waals surface area contributed by atoms with E-state index in [0.717, 1.165) is 23.6 Å². The van der Waals surface area contributed by atoms with Gasteiger partial charge in [-0.25, -0.2) is 0 Å². The second-order valence-electron chi connectivity index (χ2n) is 5.62. The number of hydrogen-bond donors (Lipinski definition) is 1. The third-order valence-corrected chi connectivity index (χ3v) is 4.64. The van der Waals surface area contributed by atoms with Gasteiger partial charge in [-0.3, -0.25) is 0 Å². The van der Waals surface area contributed by atoms with Crippen molar-refractivity contribution in [3.05, 3.63) is 45.7 Å². The van der Waals surface area contributed by atoms with Crippen molar-refractivity contribution in [2.75, 3.05) is 0 Å². The number of fused-ring (bicyclic) bond motifs is 1. The van der Waals surface area contributed by atoms with Crippen molar-refractivity contribution in [3.8, 4) is 0 Å². The number of H-pyrrole nitrogens is 1. The monoisotopic (exact) mass is 289 g/mol. The van der Waals surface area contributed by atoms with E-state index in [0.29, 0.717) is 5.92 Å². The van der Waals surface area contributed by atoms with Crippen molar-refractivity contribution >= 4 is 11.6 Å². The number of nitrogens with zero attached hydrogens (tertiary/aromatic N) is 2. The maximum Gasteiger partial charge on any atom is 0.0830 e. The van der Waals surface area contributed by atoms with Crippen LogP contribution in [0.15, 0.2) is 18.3 Å². The highest BCUT2D eigenvalue weighted by Gasteiger charge is 2.19. The zero-order valence-electron chi connectivity index (χ0n) is 11.8. The average molecular weight is 290 g/mol. The summed E-state index contributed by atoms with van der Waals surface area (Å²) in [7, 11) is 0. The fraction of sp³-hybridized carbons (Fsp3) is 0.500. The van der Waals surface area contributed by atoms with Crippen molar-refractivity contribution in [3.63, 3.8) is 0 Å². The van der Waals surface area contributed by atoms with Gasteiger partial charge in [0.25, 0.3) is 0 Å². The highest BCUT2D eigenvalue weighted by molar-refractivity contribution is 6.31. The molecule has 1 N–H and O–H groups in total. The molecule has 0 bridgehead atoms. The molecule has 106 valence electrons. The van der Waals surface area contributed by atoms with Gasteiger partial charge in [-0.1, -0.05) is 24.6 Å². The summed E-state index contributed by atoms with van der Waals surface area (Å²) in [4.78, 5) is 0. The maximum atomic E-state index is 6.53. The summed E-state index contributed by atoms with van der Waals surface area (Å²) >= 11 is 6.53. The molecule has 1 aliphatic carbocycles. The molecule has 0 aliphatic heterocycles. The maximum absolute atomic E-state index is 6.53. The fourth-order valence-corrected chi connectivity index (χ4v) is 3.48. The number of aromatic nitrogens is 3. The number of aromatic amines is 1. The highest BCUT2D eigenvalue weighted by atomic mass is 35.5. The van der Waals surface area contributed by atoms with Crippen LogP contribution in [0.25, 0.3) is 0 Å². The van der Waals surface area contributed by atoms with Crippen LogP contribution in [0, 0.1) is 0 Å². The van der Waals surface area contributed by atoms with E-state index in [4.69, 9.17) is 11.6 Å². The second kappa shape index (κ2) is 5.96. The van der Waals surface area contributed by atoms with Crippen LogP contribution in [0.3, 0.4) is 0 Å². The van der Waals surface area contributed by atoms with Crippen LogP contribution in [0.5, 0.6) is 0 Å². The molecule has 1 unspecified atom stereocenters. The Labute approximate surface area is 124 Å². The van der Waals surface area contributed by atoms with E-state index in [-0.39, 0.29) is 0 Å². The average Bonchev–Trinajstić information content (AvgIpc) is 2.97. The van der Waals surface area contributed by atoms with Gasteiger partial charge in [0.2, 0.25) is 0 Å². The van der Waals surface area contributed by atoms with Crippen LogP contribution in [-0.4, -0.2) is 15.4 Å². The van der Waals surface area contributed by atoms with Crippen molar-refractivity contribution in [1.29, 1.82) is 0 Å². The first kappa shape index (κ1) is 13.6. The van der Waals surface area contributed by atoms with E-state index in [1.165, 1.54) is 42.4 Å². The lowest BCUT2D eigenvalue weighted by Crippen LogP contribution is -2.08. The van der Waals surface area contributed by atoms with Gasteiger partial charge >= 0.3 is 0 Å². The Kier molecular flexibility index (Phi) is 4.06. The Hall–Kier alpha value is -1.35. The van der Waals surface area contributed by atoms with Gasteiger partial charge in [-0.05, 0) is 60.8 Å². The molecule has 0 saturated heterocycles. The fourth-order valence-electron chi connectivity index (χ4n) is 3.14. The van der Waals surface area contributed by atoms with Gasteiger partial charge in [0.1, 0.15) is 0 Å². The molecule has 3 nitrogen and oxygen atoms in total. The summed E-state index contributed by atoms with van der Waals surface area (Å²) in [6.07, 6.45) is 8.72. The molecule has 4 heteroatoms. The molecule has 1 atom stereocenters. The van der Waals surface area contributed by atoms with E-state index >= 15 is 0 Å². The Morgan fingerprint density at radius 2 is 2.00 bits per heavy atom. The molecule has 1 aromatic carbocycles. The molecule has 3 rings (SSSR count). The van der Waals surface area contributed by atoms with Crippen molar-refractivity contribution < 1.29 is 0 Å². The summed E-state index contributed by atoms with van der Waals surface area (Å²) in [6, 6.07) is 4.53. The molecule has 0 spiro atoms. The SMILES string of the molecule is CCC(Cc1cn[nH]n1)c1cc2c(cc1Cl)CCCC2. The van der Waals surface area contributed by atoms with Crippen LogP contribution >= 0.6 is 11.6 Å². The highest BCUT2D eigenvalue weighted by Crippen LogP contribution is 2.34. The first-order chi connectivity index (χ1) is 9.78. The molecule has 1 aromatic heterocycles. The Morgan fingerprint density at radius 3 is 2.65 bits per heavy atom. The molecule has 0 amide bonds. The third kappa shape index (κ3) is 2.73. The Morgan fingerprint density at radius 1 is 1.25 bits per heavy atom. The van der Waals surface area contributed by atoms with Crippen molar-refractivity contribution in [1.82, 2.24) is 15.4 Å². The van der Waals surface area contributed by atoms with Gasteiger partial charge in [0.15, 0.2) is 0 Å². The predicted octanol–water partition coefficient (Wildman–Crippen LogP) is 4.07. The Bertz CT molecular complexity index is 578. The Balaban J connectivity index is 1.90. The summed E-state index contributed by atoms with van der Waals surface area (Å²) in [5.41, 5.74) is 5.22. The number of aryl methyl sites for hydroxylation is 2. The summed E-state index contributed by atoms with van der Waals surface area (Å²) < 4.78 is 0. The van der Waals surface area contributed by atoms with Crippen molar-refractivity contribution in [2.24, 2.45) is 0 Å². The second-order valence-corrected chi connectivity index (χ2v) is 6.03. The molecular formula is C16H20ClN3. The molecule has 20 heavy (non-hydrogen) atoms. The lowest BCUT2D eigenvalue weighted by atomic mass is 9.85. The molecule has 0 saturated carbocycles. The number of hydrogen-bond acceptors (Lipinski definition) is 2. The molecule has 1 aliphatic rings. The lowest BCUT2D eigenvalue weighted by molar-refractivity contribution is 0.640. The van der Waals surface area contributed by atoms with Gasteiger partial charge in [-0.2, -0.15) is 15.4 Å². The third-order valence-electron chi connectivity index (χ3n) is 4.31. The van der Waals surface area contributed by atoms with Gasteiger partial charge < -0.3 is 0 Å². The van der Waals surface area contributed by atoms with E-state index in [2.05, 4.69) is 34.5 Å². The van der Waals surface area contributed by atoms with Gasteiger partial charge in [0.05, 0.1) is 11.9 Å². The van der Waals surface area contributed by atoms with Gasteiger partial charge in [0, 0.05) is 11.4 Å². The van der Waals surface area contributed by atoms with E-state index in [1.807, 2.05) is 0 Å². The normalized spacial score (nSPS) is 15.9. The smallest absolute Gasteiger partial charge is 0.0830 e. The topological polar surface area (TPSA) is 41.6 Å². The van der Waals surface area contributed by atoms with Crippen LogP contribution in [0.2, 0.25) is 5.02 Å². The largest absolute Gasteiger partial charge is 0.198 e. The molecule has 0 fully saturated rings. The first-order valence-corrected chi connectivity index (χ1v) is 7.81. The number of halogens is 1. The van der Waals surface area contributed by atoms with E-state index in [1.54, 1.807) is 6.20 Å². The molecular weight excluding hydrogens is 270 g/mol. The number of benzene rings is 1. The van der Waals surface area contributed by atoms with E-state index < -0.39 is 0 Å². The minimum absolute atomic E-state index is 0.417. The van der Waals surface area contributed by atoms with E-state index in [9.17, 15) is 0 Å². The van der Waals surface area contributed by atoms with Gasteiger partial charge in [-0.15, -0.1) is 0 Å². The standard InChI is InChI=1S/C16H20ClN3/c1-2-11(7-14-10-18-20-19-14)15-8-12-5-3-4-6-13(12)9-16(15)17/h8-11H,2-7H2,1H3,(H,18,19,20). The first-order valence-electron chi connectivity index (χ1n) is 7.43. The van der Waals surface area contributed by atoms with Crippen molar-refractivity contribution in [2.45, 2.75) is 51.4 Å². The minimum Gasteiger partial charge on any atom is -0.198 e. The summed E-state index contributed by atoms with van der Waals surface area (Å²) in [5.74, 6) is 0.417. The number of rotatable bonds is 4. The number of nitrogens with one attached hydrogen (secondary N) is 1. The van der Waals surface area contributed by atoms with Crippen LogP contribution < -0.4 is 0 Å². The quantitative estimate of drug-likeness (QED) is 0.922.